The Bertz CT molecular complexity index is 647. The van der Waals surface area contributed by atoms with Gasteiger partial charge in [-0.05, 0) is 42.2 Å². The van der Waals surface area contributed by atoms with Crippen LogP contribution in [0.25, 0.3) is 11.1 Å². The van der Waals surface area contributed by atoms with E-state index in [1.54, 1.807) is 19.0 Å². The predicted octanol–water partition coefficient (Wildman–Crippen LogP) is 3.94. The molecule has 0 aliphatic carbocycles. The van der Waals surface area contributed by atoms with Gasteiger partial charge in [0.2, 0.25) is 0 Å². The van der Waals surface area contributed by atoms with Crippen molar-refractivity contribution in [1.82, 2.24) is 10.2 Å². The Morgan fingerprint density at radius 2 is 1.74 bits per heavy atom. The van der Waals surface area contributed by atoms with E-state index in [0.29, 0.717) is 11.6 Å². The van der Waals surface area contributed by atoms with E-state index in [1.165, 1.54) is 11.1 Å². The first-order valence-electron chi connectivity index (χ1n) is 8.16. The molecule has 1 N–H and O–H groups in total. The minimum Gasteiger partial charge on any atom is -0.345 e. The molecule has 0 aromatic heterocycles. The van der Waals surface area contributed by atoms with Crippen molar-refractivity contribution in [2.45, 2.75) is 32.9 Å². The van der Waals surface area contributed by atoms with Crippen molar-refractivity contribution < 1.29 is 4.79 Å². The second-order valence-electron chi connectivity index (χ2n) is 6.12. The minimum absolute atomic E-state index is 0.0308. The first-order valence-corrected chi connectivity index (χ1v) is 8.16. The smallest absolute Gasteiger partial charge is 0.253 e. The van der Waals surface area contributed by atoms with Crippen molar-refractivity contribution in [1.29, 1.82) is 0 Å². The lowest BCUT2D eigenvalue weighted by atomic mass is 9.98. The van der Waals surface area contributed by atoms with E-state index in [2.05, 4.69) is 43.4 Å². The van der Waals surface area contributed by atoms with Gasteiger partial charge in [0.1, 0.15) is 0 Å². The first-order chi connectivity index (χ1) is 11.0. The molecule has 0 saturated heterocycles. The van der Waals surface area contributed by atoms with Gasteiger partial charge in [-0.15, -0.1) is 0 Å². The molecular formula is C20H26N2O. The summed E-state index contributed by atoms with van der Waals surface area (Å²) in [5, 5.41) is 3.54. The number of hydrogen-bond donors (Lipinski definition) is 1. The summed E-state index contributed by atoms with van der Waals surface area (Å²) in [5.41, 5.74) is 4.35. The molecule has 0 saturated carbocycles. The van der Waals surface area contributed by atoms with Gasteiger partial charge in [-0.25, -0.2) is 0 Å². The minimum atomic E-state index is 0.0308. The summed E-state index contributed by atoms with van der Waals surface area (Å²) in [5.74, 6) is 0.0308. The number of rotatable bonds is 6. The van der Waals surface area contributed by atoms with E-state index in [4.69, 9.17) is 0 Å². The Morgan fingerprint density at radius 1 is 1.09 bits per heavy atom. The van der Waals surface area contributed by atoms with Crippen molar-refractivity contribution in [3.05, 3.63) is 59.7 Å². The van der Waals surface area contributed by atoms with Crippen LogP contribution in [-0.2, 0) is 6.54 Å². The summed E-state index contributed by atoms with van der Waals surface area (Å²) in [6, 6.07) is 16.8. The molecular weight excluding hydrogens is 284 g/mol. The van der Waals surface area contributed by atoms with Crippen LogP contribution in [0.2, 0.25) is 0 Å². The average Bonchev–Trinajstić information content (AvgIpc) is 2.59. The third-order valence-electron chi connectivity index (χ3n) is 4.12. The van der Waals surface area contributed by atoms with E-state index in [1.807, 2.05) is 24.3 Å². The fourth-order valence-corrected chi connectivity index (χ4v) is 2.44. The molecule has 0 spiro atoms. The Hall–Kier alpha value is -2.13. The van der Waals surface area contributed by atoms with Crippen molar-refractivity contribution in [2.75, 3.05) is 14.1 Å². The van der Waals surface area contributed by atoms with Gasteiger partial charge in [-0.3, -0.25) is 4.79 Å². The van der Waals surface area contributed by atoms with Crippen LogP contribution in [0.15, 0.2) is 48.5 Å². The maximum Gasteiger partial charge on any atom is 0.253 e. The molecule has 1 amide bonds. The summed E-state index contributed by atoms with van der Waals surface area (Å²) in [6.45, 7) is 5.23. The average molecular weight is 310 g/mol. The van der Waals surface area contributed by atoms with Crippen molar-refractivity contribution >= 4 is 5.91 Å². The second kappa shape index (κ2) is 7.93. The standard InChI is InChI=1S/C20H26N2O/c1-5-15(2)21-14-18-8-6-7-9-19(18)16-10-12-17(13-11-16)20(23)22(3)4/h6-13,15,21H,5,14H2,1-4H3/t15-/m1/s1. The zero-order valence-corrected chi connectivity index (χ0v) is 14.5. The third kappa shape index (κ3) is 4.42. The number of nitrogens with one attached hydrogen (secondary N) is 1. The first kappa shape index (κ1) is 17.2. The largest absolute Gasteiger partial charge is 0.345 e. The topological polar surface area (TPSA) is 32.3 Å². The van der Waals surface area contributed by atoms with E-state index in [9.17, 15) is 4.79 Å². The molecule has 2 rings (SSSR count). The molecule has 3 nitrogen and oxygen atoms in total. The molecule has 0 aliphatic heterocycles. The van der Waals surface area contributed by atoms with Crippen molar-refractivity contribution in [3.8, 4) is 11.1 Å². The quantitative estimate of drug-likeness (QED) is 0.876. The number of benzene rings is 2. The van der Waals surface area contributed by atoms with Crippen LogP contribution in [0.1, 0.15) is 36.2 Å². The van der Waals surface area contributed by atoms with Crippen LogP contribution >= 0.6 is 0 Å². The van der Waals surface area contributed by atoms with Crippen LogP contribution in [0, 0.1) is 0 Å². The molecule has 2 aromatic rings. The highest BCUT2D eigenvalue weighted by molar-refractivity contribution is 5.94. The fourth-order valence-electron chi connectivity index (χ4n) is 2.44. The lowest BCUT2D eigenvalue weighted by Crippen LogP contribution is -2.24. The molecule has 0 bridgehead atoms. The van der Waals surface area contributed by atoms with Gasteiger partial charge in [-0.2, -0.15) is 0 Å². The molecule has 2 aromatic carbocycles. The number of carbonyl (C=O) groups excluding carboxylic acids is 1. The Balaban J connectivity index is 2.23. The van der Waals surface area contributed by atoms with Crippen LogP contribution < -0.4 is 5.32 Å². The Kier molecular flexibility index (Phi) is 5.94. The Labute approximate surface area is 139 Å². The summed E-state index contributed by atoms with van der Waals surface area (Å²) >= 11 is 0. The number of amides is 1. The van der Waals surface area contributed by atoms with Crippen molar-refractivity contribution in [3.63, 3.8) is 0 Å². The van der Waals surface area contributed by atoms with Gasteiger partial charge < -0.3 is 10.2 Å². The van der Waals surface area contributed by atoms with Gasteiger partial charge in [-0.1, -0.05) is 43.3 Å². The summed E-state index contributed by atoms with van der Waals surface area (Å²) in [4.78, 5) is 13.6. The van der Waals surface area contributed by atoms with Crippen LogP contribution in [0.3, 0.4) is 0 Å². The second-order valence-corrected chi connectivity index (χ2v) is 6.12. The van der Waals surface area contributed by atoms with Gasteiger partial charge in [0.25, 0.3) is 5.91 Å². The van der Waals surface area contributed by atoms with Crippen LogP contribution in [0.5, 0.6) is 0 Å². The van der Waals surface area contributed by atoms with Crippen molar-refractivity contribution in [2.24, 2.45) is 0 Å². The molecule has 0 fully saturated rings. The zero-order chi connectivity index (χ0) is 16.8. The van der Waals surface area contributed by atoms with Crippen LogP contribution in [0.4, 0.5) is 0 Å². The van der Waals surface area contributed by atoms with E-state index >= 15 is 0 Å². The van der Waals surface area contributed by atoms with Crippen LogP contribution in [-0.4, -0.2) is 30.9 Å². The molecule has 122 valence electrons. The van der Waals surface area contributed by atoms with Gasteiger partial charge in [0.05, 0.1) is 0 Å². The molecule has 0 heterocycles. The fraction of sp³-hybridized carbons (Fsp3) is 0.350. The maximum absolute atomic E-state index is 12.0. The Morgan fingerprint density at radius 3 is 2.35 bits per heavy atom. The number of hydrogen-bond acceptors (Lipinski definition) is 2. The van der Waals surface area contributed by atoms with Gasteiger partial charge in [0.15, 0.2) is 0 Å². The monoisotopic (exact) mass is 310 g/mol. The molecule has 0 unspecified atom stereocenters. The van der Waals surface area contributed by atoms with E-state index < -0.39 is 0 Å². The number of nitrogens with zero attached hydrogens (tertiary/aromatic N) is 1. The molecule has 23 heavy (non-hydrogen) atoms. The highest BCUT2D eigenvalue weighted by Crippen LogP contribution is 2.24. The van der Waals surface area contributed by atoms with E-state index in [-0.39, 0.29) is 5.91 Å². The molecule has 0 radical (unpaired) electrons. The summed E-state index contributed by atoms with van der Waals surface area (Å²) < 4.78 is 0. The number of carbonyl (C=O) groups is 1. The van der Waals surface area contributed by atoms with E-state index in [0.717, 1.165) is 18.5 Å². The molecule has 3 heteroatoms. The van der Waals surface area contributed by atoms with Gasteiger partial charge in [0, 0.05) is 32.2 Å². The highest BCUT2D eigenvalue weighted by atomic mass is 16.2. The zero-order valence-electron chi connectivity index (χ0n) is 14.5. The molecule has 1 atom stereocenters. The maximum atomic E-state index is 12.0. The summed E-state index contributed by atoms with van der Waals surface area (Å²) in [6.07, 6.45) is 1.11. The predicted molar refractivity (Wildman–Crippen MR) is 96.5 cm³/mol. The normalized spacial score (nSPS) is 12.0. The highest BCUT2D eigenvalue weighted by Gasteiger charge is 2.09. The van der Waals surface area contributed by atoms with Gasteiger partial charge >= 0.3 is 0 Å². The SMILES string of the molecule is CC[C@@H](C)NCc1ccccc1-c1ccc(C(=O)N(C)C)cc1. The summed E-state index contributed by atoms with van der Waals surface area (Å²) in [7, 11) is 3.54. The lowest BCUT2D eigenvalue weighted by molar-refractivity contribution is 0.0827. The third-order valence-corrected chi connectivity index (χ3v) is 4.12. The molecule has 0 aliphatic rings. The lowest BCUT2D eigenvalue weighted by Gasteiger charge is -2.15.